The maximum atomic E-state index is 5.03. The Hall–Kier alpha value is -3.52. The van der Waals surface area contributed by atoms with Crippen molar-refractivity contribution in [2.24, 2.45) is 0 Å². The predicted molar refractivity (Wildman–Crippen MR) is 108 cm³/mol. The van der Waals surface area contributed by atoms with Crippen LogP contribution in [0.3, 0.4) is 0 Å². The number of pyridine rings is 2. The van der Waals surface area contributed by atoms with Crippen molar-refractivity contribution in [3.05, 3.63) is 97.2 Å². The molecule has 0 spiro atoms. The third-order valence-corrected chi connectivity index (χ3v) is 4.71. The number of hydrogen-bond donors (Lipinski definition) is 0. The molecule has 5 rings (SSSR count). The summed E-state index contributed by atoms with van der Waals surface area (Å²) in [7, 11) is 0. The first-order valence-corrected chi connectivity index (χ1v) is 8.69. The van der Waals surface area contributed by atoms with Crippen LogP contribution >= 0.6 is 0 Å². The summed E-state index contributed by atoms with van der Waals surface area (Å²) in [5, 5.41) is 4.76. The molecule has 0 radical (unpaired) electrons. The van der Waals surface area contributed by atoms with E-state index in [2.05, 4.69) is 77.8 Å². The minimum Gasteiger partial charge on any atom is -0.255 e. The maximum absolute atomic E-state index is 5.03. The van der Waals surface area contributed by atoms with Crippen LogP contribution in [0, 0.1) is 0 Å². The highest BCUT2D eigenvalue weighted by atomic mass is 14.8. The van der Waals surface area contributed by atoms with Gasteiger partial charge >= 0.3 is 0 Å². The standard InChI is InChI=1S/C24H16N2/c1-3-11-19-17(8-1)10-7-13-21(19)24-20-12-4-2-9-18(20)16-23(26-24)22-14-5-6-15-25-22/h1-16H. The summed E-state index contributed by atoms with van der Waals surface area (Å²) in [4.78, 5) is 9.52. The molecule has 0 unspecified atom stereocenters. The van der Waals surface area contributed by atoms with E-state index in [1.165, 1.54) is 16.2 Å². The van der Waals surface area contributed by atoms with Gasteiger partial charge in [-0.15, -0.1) is 0 Å². The van der Waals surface area contributed by atoms with E-state index >= 15 is 0 Å². The number of nitrogens with zero attached hydrogens (tertiary/aromatic N) is 2. The lowest BCUT2D eigenvalue weighted by atomic mass is 9.97. The minimum absolute atomic E-state index is 0.889. The van der Waals surface area contributed by atoms with Gasteiger partial charge in [-0.1, -0.05) is 72.8 Å². The van der Waals surface area contributed by atoms with Crippen molar-refractivity contribution in [2.75, 3.05) is 0 Å². The predicted octanol–water partition coefficient (Wildman–Crippen LogP) is 6.12. The van der Waals surface area contributed by atoms with Gasteiger partial charge in [-0.3, -0.25) is 4.98 Å². The van der Waals surface area contributed by atoms with Crippen LogP contribution in [0.2, 0.25) is 0 Å². The molecule has 0 saturated carbocycles. The van der Waals surface area contributed by atoms with Gasteiger partial charge in [-0.2, -0.15) is 0 Å². The lowest BCUT2D eigenvalue weighted by molar-refractivity contribution is 1.26. The molecule has 0 fully saturated rings. The Balaban J connectivity index is 1.87. The first-order valence-electron chi connectivity index (χ1n) is 8.69. The molecule has 3 aromatic carbocycles. The Morgan fingerprint density at radius 3 is 2.12 bits per heavy atom. The first kappa shape index (κ1) is 14.8. The summed E-state index contributed by atoms with van der Waals surface area (Å²) >= 11 is 0. The molecule has 0 aliphatic heterocycles. The zero-order valence-electron chi connectivity index (χ0n) is 14.1. The van der Waals surface area contributed by atoms with Gasteiger partial charge in [0.25, 0.3) is 0 Å². The van der Waals surface area contributed by atoms with Crippen LogP contribution in [0.4, 0.5) is 0 Å². The van der Waals surface area contributed by atoms with Crippen LogP contribution in [0.1, 0.15) is 0 Å². The van der Waals surface area contributed by atoms with Gasteiger partial charge in [0.2, 0.25) is 0 Å². The van der Waals surface area contributed by atoms with E-state index in [0.717, 1.165) is 28.0 Å². The molecule has 0 N–H and O–H groups in total. The lowest BCUT2D eigenvalue weighted by Crippen LogP contribution is -1.93. The van der Waals surface area contributed by atoms with E-state index in [1.807, 2.05) is 24.4 Å². The summed E-state index contributed by atoms with van der Waals surface area (Å²) in [6.07, 6.45) is 1.81. The molecule has 5 aromatic rings. The minimum atomic E-state index is 0.889. The Morgan fingerprint density at radius 2 is 1.27 bits per heavy atom. The number of rotatable bonds is 2. The van der Waals surface area contributed by atoms with Gasteiger partial charge in [0.1, 0.15) is 0 Å². The fourth-order valence-electron chi connectivity index (χ4n) is 3.48. The molecule has 0 aliphatic rings. The van der Waals surface area contributed by atoms with Crippen LogP contribution in [0.15, 0.2) is 97.2 Å². The summed E-state index contributed by atoms with van der Waals surface area (Å²) in [5.74, 6) is 0. The lowest BCUT2D eigenvalue weighted by Gasteiger charge is -2.12. The zero-order chi connectivity index (χ0) is 17.3. The maximum Gasteiger partial charge on any atom is 0.0900 e. The molecule has 0 aliphatic carbocycles. The smallest absolute Gasteiger partial charge is 0.0900 e. The van der Waals surface area contributed by atoms with Crippen molar-refractivity contribution in [1.82, 2.24) is 9.97 Å². The van der Waals surface area contributed by atoms with Crippen LogP contribution < -0.4 is 0 Å². The fraction of sp³-hybridized carbons (Fsp3) is 0. The third kappa shape index (κ3) is 2.44. The topological polar surface area (TPSA) is 25.8 Å². The second-order valence-corrected chi connectivity index (χ2v) is 6.32. The summed E-state index contributed by atoms with van der Waals surface area (Å²) in [5.41, 5.74) is 3.93. The van der Waals surface area contributed by atoms with Crippen LogP contribution in [-0.4, -0.2) is 9.97 Å². The first-order chi connectivity index (χ1) is 12.9. The van der Waals surface area contributed by atoms with E-state index in [9.17, 15) is 0 Å². The number of aromatic nitrogens is 2. The van der Waals surface area contributed by atoms with Gasteiger partial charge < -0.3 is 0 Å². The monoisotopic (exact) mass is 332 g/mol. The molecule has 2 heteroatoms. The molecular formula is C24H16N2. The highest BCUT2D eigenvalue weighted by molar-refractivity contribution is 6.04. The number of hydrogen-bond acceptors (Lipinski definition) is 2. The van der Waals surface area contributed by atoms with Crippen LogP contribution in [-0.2, 0) is 0 Å². The molecule has 26 heavy (non-hydrogen) atoms. The molecule has 2 heterocycles. The van der Waals surface area contributed by atoms with Crippen molar-refractivity contribution < 1.29 is 0 Å². The second-order valence-electron chi connectivity index (χ2n) is 6.32. The third-order valence-electron chi connectivity index (χ3n) is 4.71. The quantitative estimate of drug-likeness (QED) is 0.389. The Labute approximate surface area is 151 Å². The van der Waals surface area contributed by atoms with Gasteiger partial charge in [-0.05, 0) is 34.4 Å². The molecule has 0 atom stereocenters. The van der Waals surface area contributed by atoms with Crippen LogP contribution in [0.5, 0.6) is 0 Å². The van der Waals surface area contributed by atoms with Crippen molar-refractivity contribution in [1.29, 1.82) is 0 Å². The molecule has 2 aromatic heterocycles. The molecule has 0 bridgehead atoms. The molecule has 0 amide bonds. The Kier molecular flexibility index (Phi) is 3.46. The van der Waals surface area contributed by atoms with Gasteiger partial charge in [0.05, 0.1) is 17.1 Å². The van der Waals surface area contributed by atoms with Gasteiger partial charge in [0.15, 0.2) is 0 Å². The van der Waals surface area contributed by atoms with Gasteiger partial charge in [0, 0.05) is 17.1 Å². The SMILES string of the molecule is c1ccc(-c2cc3ccccc3c(-c3cccc4ccccc34)n2)nc1. The normalized spacial score (nSPS) is 11.1. The number of fused-ring (bicyclic) bond motifs is 2. The fourth-order valence-corrected chi connectivity index (χ4v) is 3.48. The zero-order valence-corrected chi connectivity index (χ0v) is 14.1. The van der Waals surface area contributed by atoms with Crippen molar-refractivity contribution in [2.45, 2.75) is 0 Å². The van der Waals surface area contributed by atoms with E-state index < -0.39 is 0 Å². The molecule has 0 saturated heterocycles. The highest BCUT2D eigenvalue weighted by Gasteiger charge is 2.12. The highest BCUT2D eigenvalue weighted by Crippen LogP contribution is 2.34. The van der Waals surface area contributed by atoms with E-state index in [-0.39, 0.29) is 0 Å². The van der Waals surface area contributed by atoms with Crippen molar-refractivity contribution in [3.63, 3.8) is 0 Å². The summed E-state index contributed by atoms with van der Waals surface area (Å²) in [6, 6.07) is 31.3. The van der Waals surface area contributed by atoms with E-state index in [0.29, 0.717) is 0 Å². The molecule has 122 valence electrons. The number of benzene rings is 3. The summed E-state index contributed by atoms with van der Waals surface area (Å²) < 4.78 is 0. The average Bonchev–Trinajstić information content (AvgIpc) is 2.73. The molecule has 2 nitrogen and oxygen atoms in total. The van der Waals surface area contributed by atoms with E-state index in [4.69, 9.17) is 4.98 Å². The van der Waals surface area contributed by atoms with Gasteiger partial charge in [-0.25, -0.2) is 4.98 Å². The molecular weight excluding hydrogens is 316 g/mol. The summed E-state index contributed by atoms with van der Waals surface area (Å²) in [6.45, 7) is 0. The largest absolute Gasteiger partial charge is 0.255 e. The Morgan fingerprint density at radius 1 is 0.538 bits per heavy atom. The van der Waals surface area contributed by atoms with Crippen molar-refractivity contribution in [3.8, 4) is 22.6 Å². The Bertz CT molecular complexity index is 1220. The van der Waals surface area contributed by atoms with E-state index in [1.54, 1.807) is 0 Å². The van der Waals surface area contributed by atoms with Crippen molar-refractivity contribution >= 4 is 21.5 Å². The second kappa shape index (κ2) is 6.08. The average molecular weight is 332 g/mol. The van der Waals surface area contributed by atoms with Crippen LogP contribution in [0.25, 0.3) is 44.2 Å².